The number of benzene rings is 1. The number of carbonyl (C=O) groups excluding carboxylic acids is 1. The molecular formula is C12H14N2O. The zero-order valence-electron chi connectivity index (χ0n) is 8.95. The van der Waals surface area contributed by atoms with Crippen LogP contribution in [0.3, 0.4) is 0 Å². The molecule has 15 heavy (non-hydrogen) atoms. The highest BCUT2D eigenvalue weighted by atomic mass is 16.1. The minimum atomic E-state index is 0.731. The first-order valence-electron chi connectivity index (χ1n) is 5.07. The van der Waals surface area contributed by atoms with Crippen LogP contribution in [0.5, 0.6) is 0 Å². The van der Waals surface area contributed by atoms with E-state index in [-0.39, 0.29) is 0 Å². The zero-order valence-corrected chi connectivity index (χ0v) is 8.95. The number of anilines is 1. The first kappa shape index (κ1) is 9.77. The van der Waals surface area contributed by atoms with Crippen LogP contribution in [0, 0.1) is 6.92 Å². The maximum atomic E-state index is 10.5. The Labute approximate surface area is 88.7 Å². The second-order valence-electron chi connectivity index (χ2n) is 3.48. The number of nitrogens with one attached hydrogen (secondary N) is 1. The largest absolute Gasteiger partial charge is 0.343 e. The van der Waals surface area contributed by atoms with Crippen molar-refractivity contribution in [1.29, 1.82) is 0 Å². The van der Waals surface area contributed by atoms with E-state index in [0.29, 0.717) is 0 Å². The molecule has 0 aliphatic heterocycles. The van der Waals surface area contributed by atoms with Gasteiger partial charge in [0, 0.05) is 17.6 Å². The van der Waals surface area contributed by atoms with Crippen molar-refractivity contribution in [3.63, 3.8) is 0 Å². The van der Waals surface area contributed by atoms with Gasteiger partial charge in [-0.3, -0.25) is 4.79 Å². The molecule has 78 valence electrons. The fourth-order valence-electron chi connectivity index (χ4n) is 2.08. The molecule has 0 saturated carbocycles. The van der Waals surface area contributed by atoms with Gasteiger partial charge >= 0.3 is 0 Å². The number of hydrogen-bond acceptors (Lipinski definition) is 1. The lowest BCUT2D eigenvalue weighted by molar-refractivity contribution is -0.105. The van der Waals surface area contributed by atoms with Crippen molar-refractivity contribution in [2.75, 3.05) is 5.32 Å². The number of amides is 1. The molecule has 0 aliphatic rings. The highest BCUT2D eigenvalue weighted by Gasteiger charge is 2.11. The Morgan fingerprint density at radius 2 is 2.13 bits per heavy atom. The lowest BCUT2D eigenvalue weighted by Gasteiger charge is -2.03. The molecule has 0 saturated heterocycles. The number of rotatable bonds is 3. The van der Waals surface area contributed by atoms with Gasteiger partial charge in [-0.15, -0.1) is 0 Å². The normalized spacial score (nSPS) is 10.5. The van der Waals surface area contributed by atoms with Crippen molar-refractivity contribution in [3.8, 4) is 0 Å². The zero-order chi connectivity index (χ0) is 10.8. The lowest BCUT2D eigenvalue weighted by atomic mass is 10.2. The third-order valence-electron chi connectivity index (χ3n) is 2.75. The Morgan fingerprint density at radius 1 is 1.40 bits per heavy atom. The third-order valence-corrected chi connectivity index (χ3v) is 2.75. The molecule has 1 N–H and O–H groups in total. The number of nitrogens with zero attached hydrogens (tertiary/aromatic N) is 1. The summed E-state index contributed by atoms with van der Waals surface area (Å²) in [6.45, 7) is 5.03. The van der Waals surface area contributed by atoms with Crippen LogP contribution >= 0.6 is 0 Å². The summed E-state index contributed by atoms with van der Waals surface area (Å²) in [6, 6.07) is 8.10. The van der Waals surface area contributed by atoms with Crippen LogP contribution in [0.4, 0.5) is 5.69 Å². The van der Waals surface area contributed by atoms with Crippen molar-refractivity contribution in [2.45, 2.75) is 20.4 Å². The quantitative estimate of drug-likeness (QED) is 0.762. The van der Waals surface area contributed by atoms with Gasteiger partial charge < -0.3 is 9.88 Å². The standard InChI is InChI=1S/C12H14N2O/c1-3-14-9(2)12(13-8-15)10-6-4-5-7-11(10)14/h4-8H,3H2,1-2H3,(H,13,15). The summed E-state index contributed by atoms with van der Waals surface area (Å²) in [5, 5.41) is 3.87. The second kappa shape index (κ2) is 3.77. The number of carbonyl (C=O) groups is 1. The molecule has 0 radical (unpaired) electrons. The summed E-state index contributed by atoms with van der Waals surface area (Å²) < 4.78 is 2.20. The van der Waals surface area contributed by atoms with Crippen molar-refractivity contribution < 1.29 is 4.79 Å². The summed E-state index contributed by atoms with van der Waals surface area (Å²) in [6.07, 6.45) is 0.731. The van der Waals surface area contributed by atoms with Crippen LogP contribution in [0.25, 0.3) is 10.9 Å². The van der Waals surface area contributed by atoms with Gasteiger partial charge in [-0.2, -0.15) is 0 Å². The fourth-order valence-corrected chi connectivity index (χ4v) is 2.08. The number of hydrogen-bond donors (Lipinski definition) is 1. The van der Waals surface area contributed by atoms with Crippen molar-refractivity contribution in [3.05, 3.63) is 30.0 Å². The van der Waals surface area contributed by atoms with Gasteiger partial charge in [-0.05, 0) is 19.9 Å². The molecule has 1 heterocycles. The summed E-state index contributed by atoms with van der Waals surface area (Å²) in [7, 11) is 0. The minimum Gasteiger partial charge on any atom is -0.343 e. The molecule has 0 aliphatic carbocycles. The predicted molar refractivity (Wildman–Crippen MR) is 62.0 cm³/mol. The number of fused-ring (bicyclic) bond motifs is 1. The Balaban J connectivity index is 2.78. The molecule has 3 heteroatoms. The highest BCUT2D eigenvalue weighted by molar-refractivity contribution is 5.98. The van der Waals surface area contributed by atoms with Gasteiger partial charge in [0.15, 0.2) is 0 Å². The predicted octanol–water partition coefficient (Wildman–Crippen LogP) is 2.54. The molecule has 2 aromatic rings. The maximum Gasteiger partial charge on any atom is 0.211 e. The molecule has 2 rings (SSSR count). The molecular weight excluding hydrogens is 188 g/mol. The van der Waals surface area contributed by atoms with E-state index >= 15 is 0 Å². The van der Waals surface area contributed by atoms with E-state index in [1.807, 2.05) is 25.1 Å². The Bertz CT molecular complexity index is 500. The van der Waals surface area contributed by atoms with Gasteiger partial charge in [0.25, 0.3) is 0 Å². The summed E-state index contributed by atoms with van der Waals surface area (Å²) in [5.74, 6) is 0. The van der Waals surface area contributed by atoms with Gasteiger partial charge in [-0.1, -0.05) is 18.2 Å². The first-order chi connectivity index (χ1) is 7.29. The molecule has 0 unspecified atom stereocenters. The first-order valence-corrected chi connectivity index (χ1v) is 5.07. The molecule has 0 fully saturated rings. The molecule has 3 nitrogen and oxygen atoms in total. The van der Waals surface area contributed by atoms with E-state index in [0.717, 1.165) is 29.7 Å². The molecule has 0 bridgehead atoms. The monoisotopic (exact) mass is 202 g/mol. The SMILES string of the molecule is CCn1c(C)c(NC=O)c2ccccc21. The van der Waals surface area contributed by atoms with Crippen molar-refractivity contribution in [1.82, 2.24) is 4.57 Å². The van der Waals surface area contributed by atoms with Gasteiger partial charge in [0.1, 0.15) is 0 Å². The van der Waals surface area contributed by atoms with Gasteiger partial charge in [0.2, 0.25) is 6.41 Å². The third kappa shape index (κ3) is 1.40. The van der Waals surface area contributed by atoms with Crippen LogP contribution in [0.2, 0.25) is 0 Å². The summed E-state index contributed by atoms with van der Waals surface area (Å²) >= 11 is 0. The van der Waals surface area contributed by atoms with Crippen LogP contribution in [0.1, 0.15) is 12.6 Å². The Kier molecular flexibility index (Phi) is 2.46. The van der Waals surface area contributed by atoms with E-state index in [9.17, 15) is 4.79 Å². The molecule has 1 amide bonds. The Hall–Kier alpha value is -1.77. The summed E-state index contributed by atoms with van der Waals surface area (Å²) in [5.41, 5.74) is 3.19. The van der Waals surface area contributed by atoms with E-state index < -0.39 is 0 Å². The van der Waals surface area contributed by atoms with Crippen LogP contribution in [0.15, 0.2) is 24.3 Å². The summed E-state index contributed by atoms with van der Waals surface area (Å²) in [4.78, 5) is 10.5. The Morgan fingerprint density at radius 3 is 2.80 bits per heavy atom. The molecule has 1 aromatic heterocycles. The molecule has 1 aromatic carbocycles. The number of aromatic nitrogens is 1. The number of aryl methyl sites for hydroxylation is 1. The average molecular weight is 202 g/mol. The molecule has 0 atom stereocenters. The lowest BCUT2D eigenvalue weighted by Crippen LogP contribution is -1.99. The minimum absolute atomic E-state index is 0.731. The van der Waals surface area contributed by atoms with Crippen molar-refractivity contribution in [2.24, 2.45) is 0 Å². The topological polar surface area (TPSA) is 34.0 Å². The van der Waals surface area contributed by atoms with E-state index in [2.05, 4.69) is 22.9 Å². The average Bonchev–Trinajstić information content (AvgIpc) is 2.53. The molecule has 0 spiro atoms. The van der Waals surface area contributed by atoms with E-state index in [1.165, 1.54) is 5.52 Å². The smallest absolute Gasteiger partial charge is 0.211 e. The van der Waals surface area contributed by atoms with E-state index in [1.54, 1.807) is 0 Å². The number of para-hydroxylation sites is 1. The van der Waals surface area contributed by atoms with Crippen LogP contribution in [-0.2, 0) is 11.3 Å². The maximum absolute atomic E-state index is 10.5. The van der Waals surface area contributed by atoms with Crippen LogP contribution in [-0.4, -0.2) is 11.0 Å². The second-order valence-corrected chi connectivity index (χ2v) is 3.48. The highest BCUT2D eigenvalue weighted by Crippen LogP contribution is 2.29. The van der Waals surface area contributed by atoms with E-state index in [4.69, 9.17) is 0 Å². The van der Waals surface area contributed by atoms with Crippen LogP contribution < -0.4 is 5.32 Å². The van der Waals surface area contributed by atoms with Gasteiger partial charge in [0.05, 0.1) is 11.2 Å². The fraction of sp³-hybridized carbons (Fsp3) is 0.250. The van der Waals surface area contributed by atoms with Crippen molar-refractivity contribution >= 4 is 23.0 Å². The van der Waals surface area contributed by atoms with Gasteiger partial charge in [-0.25, -0.2) is 0 Å².